The topological polar surface area (TPSA) is 64.3 Å². The summed E-state index contributed by atoms with van der Waals surface area (Å²) in [5.41, 5.74) is 5.91. The highest BCUT2D eigenvalue weighted by Crippen LogP contribution is 2.44. The predicted octanol–water partition coefficient (Wildman–Crippen LogP) is 3.68. The Labute approximate surface area is 119 Å². The molecule has 0 saturated heterocycles. The molecule has 8 heteroatoms. The Morgan fingerprint density at radius 3 is 2.50 bits per heavy atom. The molecule has 1 heterocycles. The van der Waals surface area contributed by atoms with Gasteiger partial charge in [-0.3, -0.25) is 4.79 Å². The number of alkyl halides is 3. The predicted molar refractivity (Wildman–Crippen MR) is 73.7 cm³/mol. The fourth-order valence-corrected chi connectivity index (χ4v) is 2.51. The molecule has 0 aliphatic carbocycles. The van der Waals surface area contributed by atoms with Gasteiger partial charge in [-0.1, -0.05) is 6.92 Å². The molecular weight excluding hydrogens is 293 g/mol. The van der Waals surface area contributed by atoms with Gasteiger partial charge in [0.25, 0.3) is 0 Å². The smallest absolute Gasteiger partial charge is 0.405 e. The molecule has 1 aromatic heterocycles. The van der Waals surface area contributed by atoms with Gasteiger partial charge in [0, 0.05) is 6.42 Å². The fraction of sp³-hybridized carbons (Fsp3) is 0.583. The van der Waals surface area contributed by atoms with Gasteiger partial charge in [0.2, 0.25) is 0 Å². The second-order valence-corrected chi connectivity index (χ2v) is 5.44. The van der Waals surface area contributed by atoms with Gasteiger partial charge in [-0.15, -0.1) is 11.3 Å². The van der Waals surface area contributed by atoms with Crippen LogP contribution in [0.2, 0.25) is 0 Å². The molecule has 0 aliphatic heterocycles. The van der Waals surface area contributed by atoms with Crippen molar-refractivity contribution in [1.29, 1.82) is 0 Å². The van der Waals surface area contributed by atoms with Crippen molar-refractivity contribution in [2.24, 2.45) is 0 Å². The number of anilines is 2. The maximum Gasteiger partial charge on any atom is 0.405 e. The largest absolute Gasteiger partial charge is 0.486 e. The number of rotatable bonds is 6. The first kappa shape index (κ1) is 16.6. The van der Waals surface area contributed by atoms with E-state index in [2.05, 4.69) is 5.32 Å². The number of ether oxygens (including phenoxy) is 1. The lowest BCUT2D eigenvalue weighted by molar-refractivity contribution is -0.115. The Morgan fingerprint density at radius 2 is 2.05 bits per heavy atom. The molecule has 0 radical (unpaired) electrons. The first-order valence-electron chi connectivity index (χ1n) is 6.08. The highest BCUT2D eigenvalue weighted by atomic mass is 32.1. The van der Waals surface area contributed by atoms with Crippen LogP contribution in [0.15, 0.2) is 0 Å². The molecule has 3 N–H and O–H groups in total. The summed E-state index contributed by atoms with van der Waals surface area (Å²) in [4.78, 5) is 11.9. The fourth-order valence-electron chi connectivity index (χ4n) is 1.45. The highest BCUT2D eigenvalue weighted by molar-refractivity contribution is 7.19. The molecule has 0 aliphatic rings. The number of Topliss-reactive ketones (excluding diaryl/α,β-unsaturated/α-hetero) is 1. The zero-order valence-corrected chi connectivity index (χ0v) is 12.2. The third kappa shape index (κ3) is 4.29. The van der Waals surface area contributed by atoms with Crippen LogP contribution < -0.4 is 15.8 Å². The molecule has 0 bridgehead atoms. The Bertz CT molecular complexity index is 484. The van der Waals surface area contributed by atoms with Crippen LogP contribution in [0.5, 0.6) is 5.75 Å². The summed E-state index contributed by atoms with van der Waals surface area (Å²) in [6.45, 7) is 3.91. The molecule has 0 aromatic carbocycles. The van der Waals surface area contributed by atoms with Crippen molar-refractivity contribution in [3.63, 3.8) is 0 Å². The molecule has 0 amide bonds. The van der Waals surface area contributed by atoms with Crippen LogP contribution in [-0.2, 0) is 0 Å². The zero-order valence-electron chi connectivity index (χ0n) is 11.4. The average Bonchev–Trinajstić information content (AvgIpc) is 2.62. The summed E-state index contributed by atoms with van der Waals surface area (Å²) >= 11 is 0.891. The van der Waals surface area contributed by atoms with Crippen LogP contribution in [0.1, 0.15) is 36.9 Å². The van der Waals surface area contributed by atoms with Crippen molar-refractivity contribution in [1.82, 2.24) is 0 Å². The summed E-state index contributed by atoms with van der Waals surface area (Å²) in [6.07, 6.45) is -4.39. The molecule has 0 atom stereocenters. The summed E-state index contributed by atoms with van der Waals surface area (Å²) in [6, 6.07) is 0. The quantitative estimate of drug-likeness (QED) is 0.787. The SMILES string of the molecule is CCC(=O)c1sc(NCC(F)(F)F)c(OC(C)C)c1N. The number of hydrogen-bond donors (Lipinski definition) is 2. The molecule has 0 unspecified atom stereocenters. The van der Waals surface area contributed by atoms with E-state index < -0.39 is 12.7 Å². The van der Waals surface area contributed by atoms with Gasteiger partial charge in [0.15, 0.2) is 11.5 Å². The number of nitrogens with two attached hydrogens (primary N) is 1. The number of ketones is 1. The number of carbonyl (C=O) groups excluding carboxylic acids is 1. The second-order valence-electron chi connectivity index (χ2n) is 4.42. The van der Waals surface area contributed by atoms with Gasteiger partial charge in [-0.25, -0.2) is 0 Å². The molecule has 1 rings (SSSR count). The average molecular weight is 310 g/mol. The first-order chi connectivity index (χ1) is 9.15. The lowest BCUT2D eigenvalue weighted by Gasteiger charge is -2.13. The van der Waals surface area contributed by atoms with Gasteiger partial charge >= 0.3 is 6.18 Å². The first-order valence-corrected chi connectivity index (χ1v) is 6.90. The van der Waals surface area contributed by atoms with Crippen molar-refractivity contribution in [2.75, 3.05) is 17.6 Å². The number of nitrogens with one attached hydrogen (secondary N) is 1. The lowest BCUT2D eigenvalue weighted by atomic mass is 10.2. The van der Waals surface area contributed by atoms with E-state index in [1.807, 2.05) is 0 Å². The van der Waals surface area contributed by atoms with Gasteiger partial charge in [-0.2, -0.15) is 13.2 Å². The van der Waals surface area contributed by atoms with Gasteiger partial charge in [0.1, 0.15) is 11.5 Å². The Morgan fingerprint density at radius 1 is 1.45 bits per heavy atom. The summed E-state index contributed by atoms with van der Waals surface area (Å²) in [5.74, 6) is -0.104. The van der Waals surface area contributed by atoms with E-state index in [1.165, 1.54) is 0 Å². The molecule has 0 fully saturated rings. The van der Waals surface area contributed by atoms with E-state index in [9.17, 15) is 18.0 Å². The van der Waals surface area contributed by atoms with E-state index in [1.54, 1.807) is 20.8 Å². The molecule has 114 valence electrons. The van der Waals surface area contributed by atoms with Crippen molar-refractivity contribution in [3.8, 4) is 5.75 Å². The van der Waals surface area contributed by atoms with E-state index in [4.69, 9.17) is 10.5 Å². The van der Waals surface area contributed by atoms with Crippen molar-refractivity contribution < 1.29 is 22.7 Å². The van der Waals surface area contributed by atoms with Gasteiger partial charge in [-0.05, 0) is 13.8 Å². The highest BCUT2D eigenvalue weighted by Gasteiger charge is 2.29. The Kier molecular flexibility index (Phi) is 5.27. The molecular formula is C12H17F3N2O2S. The summed E-state index contributed by atoms with van der Waals surface area (Å²) in [7, 11) is 0. The third-order valence-corrected chi connectivity index (χ3v) is 3.46. The number of halogens is 3. The maximum atomic E-state index is 12.3. The second kappa shape index (κ2) is 6.34. The van der Waals surface area contributed by atoms with E-state index in [0.717, 1.165) is 11.3 Å². The molecule has 20 heavy (non-hydrogen) atoms. The van der Waals surface area contributed by atoms with E-state index in [-0.39, 0.29) is 39.6 Å². The zero-order chi connectivity index (χ0) is 15.5. The van der Waals surface area contributed by atoms with E-state index >= 15 is 0 Å². The Hall–Kier alpha value is -1.44. The molecule has 0 saturated carbocycles. The van der Waals surface area contributed by atoms with Gasteiger partial charge in [0.05, 0.1) is 16.7 Å². The normalized spacial score (nSPS) is 11.8. The van der Waals surface area contributed by atoms with Crippen molar-refractivity contribution >= 4 is 27.8 Å². The number of carbonyl (C=O) groups is 1. The minimum atomic E-state index is -4.36. The number of nitrogen functional groups attached to an aromatic ring is 1. The third-order valence-electron chi connectivity index (χ3n) is 2.28. The van der Waals surface area contributed by atoms with Gasteiger partial charge < -0.3 is 15.8 Å². The monoisotopic (exact) mass is 310 g/mol. The summed E-state index contributed by atoms with van der Waals surface area (Å²) in [5, 5.41) is 2.36. The van der Waals surface area contributed by atoms with Crippen LogP contribution in [0.3, 0.4) is 0 Å². The maximum absolute atomic E-state index is 12.3. The Balaban J connectivity index is 3.09. The molecule has 1 aromatic rings. The minimum Gasteiger partial charge on any atom is -0.486 e. The van der Waals surface area contributed by atoms with E-state index in [0.29, 0.717) is 0 Å². The number of hydrogen-bond acceptors (Lipinski definition) is 5. The minimum absolute atomic E-state index is 0.0974. The van der Waals surface area contributed by atoms with Crippen molar-refractivity contribution in [2.45, 2.75) is 39.5 Å². The summed E-state index contributed by atoms with van der Waals surface area (Å²) < 4.78 is 42.2. The molecule has 4 nitrogen and oxygen atoms in total. The van der Waals surface area contributed by atoms with Crippen molar-refractivity contribution in [3.05, 3.63) is 4.88 Å². The molecule has 0 spiro atoms. The van der Waals surface area contributed by atoms with Crippen LogP contribution in [0.4, 0.5) is 23.9 Å². The standard InChI is InChI=1S/C12H17F3N2O2S/c1-4-7(18)10-8(16)9(19-6(2)3)11(20-10)17-5-12(13,14)15/h6,17H,4-5,16H2,1-3H3. The van der Waals surface area contributed by atoms with Crippen LogP contribution in [0.25, 0.3) is 0 Å². The van der Waals surface area contributed by atoms with Crippen LogP contribution >= 0.6 is 11.3 Å². The lowest BCUT2D eigenvalue weighted by Crippen LogP contribution is -2.21. The number of thiophene rings is 1. The van der Waals surface area contributed by atoms with Crippen LogP contribution in [-0.4, -0.2) is 24.6 Å². The van der Waals surface area contributed by atoms with Crippen LogP contribution in [0, 0.1) is 0 Å².